The summed E-state index contributed by atoms with van der Waals surface area (Å²) in [6.45, 7) is 22.8. The van der Waals surface area contributed by atoms with E-state index >= 15 is 0 Å². The number of alkyl carbamates (subject to hydrolysis) is 1. The molecule has 1 aromatic rings. The molecule has 3 atom stereocenters. The molecule has 0 fully saturated rings. The molecule has 0 aliphatic rings. The first-order valence-corrected chi connectivity index (χ1v) is 13.1. The molecule has 0 spiro atoms. The summed E-state index contributed by atoms with van der Waals surface area (Å²) in [5.41, 5.74) is 1.25. The van der Waals surface area contributed by atoms with E-state index in [1.807, 2.05) is 73.6 Å². The average Bonchev–Trinajstić information content (AvgIpc) is 2.68. The van der Waals surface area contributed by atoms with Gasteiger partial charge in [-0.15, -0.1) is 0 Å². The van der Waals surface area contributed by atoms with Crippen LogP contribution in [0, 0.1) is 19.8 Å². The molecule has 7 nitrogen and oxygen atoms in total. The molecule has 2 N–H and O–H groups in total. The Morgan fingerprint density at radius 1 is 0.944 bits per heavy atom. The highest BCUT2D eigenvalue weighted by Gasteiger charge is 2.43. The van der Waals surface area contributed by atoms with Crippen LogP contribution < -0.4 is 10.6 Å². The van der Waals surface area contributed by atoms with E-state index in [1.165, 1.54) is 0 Å². The fraction of sp³-hybridized carbons (Fsp3) is 0.690. The van der Waals surface area contributed by atoms with Crippen LogP contribution in [-0.4, -0.2) is 46.0 Å². The largest absolute Gasteiger partial charge is 0.444 e. The van der Waals surface area contributed by atoms with Gasteiger partial charge >= 0.3 is 6.09 Å². The van der Waals surface area contributed by atoms with Gasteiger partial charge in [-0.2, -0.15) is 0 Å². The average molecular weight is 504 g/mol. The predicted octanol–water partition coefficient (Wildman–Crippen LogP) is 5.83. The second-order valence-corrected chi connectivity index (χ2v) is 12.2. The Balaban J connectivity index is 3.66. The topological polar surface area (TPSA) is 87.7 Å². The number of carbonyl (C=O) groups is 3. The van der Waals surface area contributed by atoms with Crippen LogP contribution in [0.4, 0.5) is 4.79 Å². The van der Waals surface area contributed by atoms with Gasteiger partial charge in [-0.3, -0.25) is 9.59 Å². The van der Waals surface area contributed by atoms with E-state index in [2.05, 4.69) is 17.6 Å². The smallest absolute Gasteiger partial charge is 0.408 e. The Bertz CT molecular complexity index is 892. The van der Waals surface area contributed by atoms with Crippen molar-refractivity contribution >= 4 is 17.9 Å². The van der Waals surface area contributed by atoms with E-state index in [4.69, 9.17) is 4.74 Å². The van der Waals surface area contributed by atoms with Crippen molar-refractivity contribution < 1.29 is 19.1 Å². The molecule has 3 unspecified atom stereocenters. The molecular formula is C29H49N3O4. The Labute approximate surface area is 218 Å². The number of nitrogens with one attached hydrogen (secondary N) is 2. The van der Waals surface area contributed by atoms with E-state index in [1.54, 1.807) is 25.7 Å². The second kappa shape index (κ2) is 12.6. The fourth-order valence-corrected chi connectivity index (χ4v) is 4.41. The van der Waals surface area contributed by atoms with Crippen LogP contribution in [0.25, 0.3) is 0 Å². The number of benzene rings is 1. The van der Waals surface area contributed by atoms with Crippen molar-refractivity contribution in [1.82, 2.24) is 15.5 Å². The lowest BCUT2D eigenvalue weighted by molar-refractivity contribution is -0.149. The summed E-state index contributed by atoms with van der Waals surface area (Å²) in [4.78, 5) is 42.5. The summed E-state index contributed by atoms with van der Waals surface area (Å²) in [7, 11) is 0. The third-order valence-corrected chi connectivity index (χ3v) is 6.00. The quantitative estimate of drug-likeness (QED) is 0.444. The maximum Gasteiger partial charge on any atom is 0.408 e. The standard InChI is InChI=1S/C29H49N3O4/c1-13-15-21(6)30-25(33)24(22-19(4)16-14-17-20(22)5)32(28(7,8)9)26(34)23(18(2)3)31-27(35)36-29(10,11)12/h14,16-18,21,23-24H,13,15H2,1-12H3,(H,30,33)(H,31,35). The molecule has 0 heterocycles. The van der Waals surface area contributed by atoms with Crippen molar-refractivity contribution in [3.8, 4) is 0 Å². The highest BCUT2D eigenvalue weighted by Crippen LogP contribution is 2.34. The molecule has 3 amide bonds. The molecule has 0 aliphatic heterocycles. The first-order chi connectivity index (χ1) is 16.4. The molecule has 0 aromatic heterocycles. The summed E-state index contributed by atoms with van der Waals surface area (Å²) < 4.78 is 5.44. The van der Waals surface area contributed by atoms with Gasteiger partial charge < -0.3 is 20.3 Å². The molecule has 0 saturated carbocycles. The van der Waals surface area contributed by atoms with Crippen molar-refractivity contribution in [1.29, 1.82) is 0 Å². The highest BCUT2D eigenvalue weighted by atomic mass is 16.6. The van der Waals surface area contributed by atoms with Crippen LogP contribution in [0.5, 0.6) is 0 Å². The minimum Gasteiger partial charge on any atom is -0.444 e. The number of aryl methyl sites for hydroxylation is 2. The summed E-state index contributed by atoms with van der Waals surface area (Å²) >= 11 is 0. The number of rotatable bonds is 9. The third-order valence-electron chi connectivity index (χ3n) is 6.00. The zero-order valence-corrected chi connectivity index (χ0v) is 24.5. The number of amides is 3. The molecule has 0 radical (unpaired) electrons. The minimum absolute atomic E-state index is 0.0352. The number of hydrogen-bond donors (Lipinski definition) is 2. The van der Waals surface area contributed by atoms with Crippen molar-refractivity contribution in [2.75, 3.05) is 0 Å². The zero-order valence-electron chi connectivity index (χ0n) is 24.5. The molecule has 0 saturated heterocycles. The van der Waals surface area contributed by atoms with E-state index in [9.17, 15) is 14.4 Å². The first kappa shape index (κ1) is 31.5. The maximum absolute atomic E-state index is 14.3. The van der Waals surface area contributed by atoms with Crippen molar-refractivity contribution in [3.63, 3.8) is 0 Å². The Kier molecular flexibility index (Phi) is 11.0. The molecular weight excluding hydrogens is 454 g/mol. The molecule has 0 bridgehead atoms. The number of hydrogen-bond acceptors (Lipinski definition) is 4. The van der Waals surface area contributed by atoms with Crippen molar-refractivity contribution in [2.45, 2.75) is 125 Å². The Hall–Kier alpha value is -2.57. The summed E-state index contributed by atoms with van der Waals surface area (Å²) in [6, 6.07) is 4.11. The van der Waals surface area contributed by atoms with Gasteiger partial charge in [-0.1, -0.05) is 45.4 Å². The fourth-order valence-electron chi connectivity index (χ4n) is 4.41. The van der Waals surface area contributed by atoms with Crippen molar-refractivity contribution in [3.05, 3.63) is 34.9 Å². The zero-order chi connectivity index (χ0) is 28.0. The number of nitrogens with zero attached hydrogens (tertiary/aromatic N) is 1. The van der Waals surface area contributed by atoms with Crippen LogP contribution in [0.15, 0.2) is 18.2 Å². The number of ether oxygens (including phenoxy) is 1. The SMILES string of the molecule is CCCC(C)NC(=O)C(c1c(C)cccc1C)N(C(=O)C(NC(=O)OC(C)(C)C)C(C)C)C(C)(C)C. The van der Waals surface area contributed by atoms with Gasteiger partial charge in [0.2, 0.25) is 11.8 Å². The second-order valence-electron chi connectivity index (χ2n) is 12.2. The lowest BCUT2D eigenvalue weighted by Crippen LogP contribution is -2.60. The Morgan fingerprint density at radius 2 is 1.47 bits per heavy atom. The molecule has 7 heteroatoms. The summed E-state index contributed by atoms with van der Waals surface area (Å²) in [5.74, 6) is -0.777. The van der Waals surface area contributed by atoms with Crippen molar-refractivity contribution in [2.24, 2.45) is 5.92 Å². The van der Waals surface area contributed by atoms with Crippen LogP contribution >= 0.6 is 0 Å². The van der Waals surface area contributed by atoms with Gasteiger partial charge in [0.15, 0.2) is 0 Å². The van der Waals surface area contributed by atoms with Crippen LogP contribution in [0.1, 0.15) is 105 Å². The maximum atomic E-state index is 14.3. The first-order valence-electron chi connectivity index (χ1n) is 13.1. The van der Waals surface area contributed by atoms with Crippen LogP contribution in [0.3, 0.4) is 0 Å². The molecule has 1 rings (SSSR count). The van der Waals surface area contributed by atoms with Gasteiger partial charge in [0, 0.05) is 11.6 Å². The normalized spacial score (nSPS) is 14.6. The molecule has 1 aromatic carbocycles. The molecule has 36 heavy (non-hydrogen) atoms. The number of carbonyl (C=O) groups excluding carboxylic acids is 3. The van der Waals surface area contributed by atoms with E-state index in [-0.39, 0.29) is 23.8 Å². The predicted molar refractivity (Wildman–Crippen MR) is 146 cm³/mol. The van der Waals surface area contributed by atoms with Crippen LogP contribution in [-0.2, 0) is 14.3 Å². The van der Waals surface area contributed by atoms with E-state index < -0.39 is 29.3 Å². The third kappa shape index (κ3) is 8.82. The monoisotopic (exact) mass is 503 g/mol. The van der Waals surface area contributed by atoms with Gasteiger partial charge in [0.25, 0.3) is 0 Å². The molecule has 0 aliphatic carbocycles. The minimum atomic E-state index is -0.869. The van der Waals surface area contributed by atoms with Gasteiger partial charge in [0.05, 0.1) is 0 Å². The van der Waals surface area contributed by atoms with Gasteiger partial charge in [-0.05, 0) is 91.3 Å². The van der Waals surface area contributed by atoms with Gasteiger partial charge in [-0.25, -0.2) is 4.79 Å². The summed E-state index contributed by atoms with van der Waals surface area (Å²) in [5, 5.41) is 5.91. The van der Waals surface area contributed by atoms with E-state index in [0.717, 1.165) is 29.5 Å². The summed E-state index contributed by atoms with van der Waals surface area (Å²) in [6.07, 6.45) is 1.11. The lowest BCUT2D eigenvalue weighted by atomic mass is 9.89. The van der Waals surface area contributed by atoms with Gasteiger partial charge in [0.1, 0.15) is 17.7 Å². The highest BCUT2D eigenvalue weighted by molar-refractivity contribution is 5.93. The molecule has 204 valence electrons. The Morgan fingerprint density at radius 3 is 1.89 bits per heavy atom. The van der Waals surface area contributed by atoms with E-state index in [0.29, 0.717) is 0 Å². The lowest BCUT2D eigenvalue weighted by Gasteiger charge is -2.44. The van der Waals surface area contributed by atoms with Crippen LogP contribution in [0.2, 0.25) is 0 Å².